The van der Waals surface area contributed by atoms with E-state index < -0.39 is 15.8 Å². The quantitative estimate of drug-likeness (QED) is 0.769. The molecule has 1 rings (SSSR count). The molecule has 7 heteroatoms. The number of nitrogens with zero attached hydrogens (tertiary/aromatic N) is 1. The Kier molecular flexibility index (Phi) is 6.36. The van der Waals surface area contributed by atoms with Gasteiger partial charge in [-0.15, -0.1) is 0 Å². The topological polar surface area (TPSA) is 72.6 Å². The number of hydrogen-bond donors (Lipinski definition) is 1. The summed E-state index contributed by atoms with van der Waals surface area (Å²) in [4.78, 5) is 0.0713. The van der Waals surface area contributed by atoms with E-state index in [0.29, 0.717) is 26.1 Å². The number of methoxy groups -OCH3 is 1. The molecule has 0 heterocycles. The Balaban J connectivity index is 2.93. The van der Waals surface area contributed by atoms with Crippen molar-refractivity contribution in [3.05, 3.63) is 30.1 Å². The first-order valence-corrected chi connectivity index (χ1v) is 7.41. The second-order valence-electron chi connectivity index (χ2n) is 3.99. The van der Waals surface area contributed by atoms with Crippen LogP contribution in [0.2, 0.25) is 0 Å². The van der Waals surface area contributed by atoms with E-state index in [2.05, 4.69) is 0 Å². The van der Waals surface area contributed by atoms with Crippen molar-refractivity contribution >= 4 is 10.0 Å². The van der Waals surface area contributed by atoms with Crippen LogP contribution in [0.15, 0.2) is 29.2 Å². The smallest absolute Gasteiger partial charge is 0.243 e. The normalized spacial score (nSPS) is 12.0. The van der Waals surface area contributed by atoms with E-state index in [1.165, 1.54) is 23.5 Å². The van der Waals surface area contributed by atoms with Gasteiger partial charge in [-0.3, -0.25) is 0 Å². The number of hydrogen-bond acceptors (Lipinski definition) is 4. The third kappa shape index (κ3) is 4.54. The van der Waals surface area contributed by atoms with Crippen molar-refractivity contribution in [1.29, 1.82) is 0 Å². The zero-order valence-corrected chi connectivity index (χ0v) is 11.7. The molecule has 0 saturated carbocycles. The molecule has 0 saturated heterocycles. The SMILES string of the molecule is COCCN(CCCN)S(=O)(=O)c1ccc(F)cc1. The summed E-state index contributed by atoms with van der Waals surface area (Å²) < 4.78 is 43.8. The number of rotatable bonds is 8. The zero-order valence-electron chi connectivity index (χ0n) is 10.9. The van der Waals surface area contributed by atoms with Gasteiger partial charge in [-0.1, -0.05) is 0 Å². The summed E-state index contributed by atoms with van der Waals surface area (Å²) in [6.45, 7) is 1.27. The van der Waals surface area contributed by atoms with Crippen LogP contribution in [0.5, 0.6) is 0 Å². The van der Waals surface area contributed by atoms with Gasteiger partial charge >= 0.3 is 0 Å². The van der Waals surface area contributed by atoms with Gasteiger partial charge in [0.25, 0.3) is 0 Å². The molecule has 2 N–H and O–H groups in total. The first-order valence-electron chi connectivity index (χ1n) is 5.97. The van der Waals surface area contributed by atoms with Crippen molar-refractivity contribution in [2.75, 3.05) is 33.4 Å². The van der Waals surface area contributed by atoms with E-state index in [1.54, 1.807) is 0 Å². The number of halogens is 1. The zero-order chi connectivity index (χ0) is 14.3. The summed E-state index contributed by atoms with van der Waals surface area (Å²) in [5.74, 6) is -0.468. The van der Waals surface area contributed by atoms with Crippen LogP contribution in [0.3, 0.4) is 0 Å². The minimum absolute atomic E-state index is 0.0713. The monoisotopic (exact) mass is 290 g/mol. The van der Waals surface area contributed by atoms with Crippen LogP contribution in [-0.4, -0.2) is 46.1 Å². The Morgan fingerprint density at radius 3 is 2.42 bits per heavy atom. The van der Waals surface area contributed by atoms with Crippen LogP contribution in [0.1, 0.15) is 6.42 Å². The predicted octanol–water partition coefficient (Wildman–Crippen LogP) is 0.812. The molecule has 0 amide bonds. The summed E-state index contributed by atoms with van der Waals surface area (Å²) in [6, 6.07) is 4.77. The van der Waals surface area contributed by atoms with E-state index in [-0.39, 0.29) is 11.4 Å². The number of benzene rings is 1. The fourth-order valence-corrected chi connectivity index (χ4v) is 3.03. The highest BCUT2D eigenvalue weighted by Crippen LogP contribution is 2.16. The van der Waals surface area contributed by atoms with Gasteiger partial charge in [-0.2, -0.15) is 4.31 Å². The summed E-state index contributed by atoms with van der Waals surface area (Å²) in [6.07, 6.45) is 0.560. The Labute approximate surface area is 113 Å². The summed E-state index contributed by atoms with van der Waals surface area (Å²) in [5, 5.41) is 0. The molecule has 0 radical (unpaired) electrons. The highest BCUT2D eigenvalue weighted by atomic mass is 32.2. The first-order chi connectivity index (χ1) is 9.02. The molecule has 19 heavy (non-hydrogen) atoms. The van der Waals surface area contributed by atoms with Gasteiger partial charge in [-0.05, 0) is 37.2 Å². The van der Waals surface area contributed by atoms with Crippen LogP contribution < -0.4 is 5.73 Å². The minimum Gasteiger partial charge on any atom is -0.383 e. The summed E-state index contributed by atoms with van der Waals surface area (Å²) in [7, 11) is -2.13. The molecule has 0 aromatic heterocycles. The van der Waals surface area contributed by atoms with Crippen molar-refractivity contribution in [3.8, 4) is 0 Å². The fourth-order valence-electron chi connectivity index (χ4n) is 1.57. The van der Waals surface area contributed by atoms with Gasteiger partial charge in [-0.25, -0.2) is 12.8 Å². The van der Waals surface area contributed by atoms with Gasteiger partial charge in [0, 0.05) is 20.2 Å². The second kappa shape index (κ2) is 7.54. The molecule has 108 valence electrons. The van der Waals surface area contributed by atoms with Gasteiger partial charge in [0.2, 0.25) is 10.0 Å². The number of sulfonamides is 1. The van der Waals surface area contributed by atoms with Crippen molar-refractivity contribution in [2.24, 2.45) is 5.73 Å². The van der Waals surface area contributed by atoms with Gasteiger partial charge < -0.3 is 10.5 Å². The molecule has 5 nitrogen and oxygen atoms in total. The highest BCUT2D eigenvalue weighted by molar-refractivity contribution is 7.89. The molecule has 0 spiro atoms. The Hall–Kier alpha value is -1.02. The van der Waals surface area contributed by atoms with E-state index in [4.69, 9.17) is 10.5 Å². The first kappa shape index (κ1) is 16.0. The van der Waals surface area contributed by atoms with Crippen LogP contribution in [-0.2, 0) is 14.8 Å². The lowest BCUT2D eigenvalue weighted by Crippen LogP contribution is -2.35. The van der Waals surface area contributed by atoms with Crippen molar-refractivity contribution < 1.29 is 17.5 Å². The molecule has 0 aliphatic heterocycles. The molecule has 0 unspecified atom stereocenters. The lowest BCUT2D eigenvalue weighted by molar-refractivity contribution is 0.178. The highest BCUT2D eigenvalue weighted by Gasteiger charge is 2.23. The average Bonchev–Trinajstić information content (AvgIpc) is 2.39. The maximum absolute atomic E-state index is 12.8. The lowest BCUT2D eigenvalue weighted by Gasteiger charge is -2.21. The van der Waals surface area contributed by atoms with Crippen molar-refractivity contribution in [3.63, 3.8) is 0 Å². The van der Waals surface area contributed by atoms with Crippen molar-refractivity contribution in [1.82, 2.24) is 4.31 Å². The molecule has 0 atom stereocenters. The molecule has 1 aromatic carbocycles. The van der Waals surface area contributed by atoms with Crippen LogP contribution in [0.4, 0.5) is 4.39 Å². The molecular weight excluding hydrogens is 271 g/mol. The average molecular weight is 290 g/mol. The Morgan fingerprint density at radius 2 is 1.89 bits per heavy atom. The van der Waals surface area contributed by atoms with Gasteiger partial charge in [0.15, 0.2) is 0 Å². The number of ether oxygens (including phenoxy) is 1. The van der Waals surface area contributed by atoms with Crippen LogP contribution in [0.25, 0.3) is 0 Å². The largest absolute Gasteiger partial charge is 0.383 e. The minimum atomic E-state index is -3.63. The second-order valence-corrected chi connectivity index (χ2v) is 5.93. The predicted molar refractivity (Wildman–Crippen MR) is 70.7 cm³/mol. The number of nitrogens with two attached hydrogens (primary N) is 1. The van der Waals surface area contributed by atoms with E-state index in [9.17, 15) is 12.8 Å². The molecule has 0 fully saturated rings. The Morgan fingerprint density at radius 1 is 1.26 bits per heavy atom. The summed E-state index contributed by atoms with van der Waals surface area (Å²) in [5.41, 5.74) is 5.40. The standard InChI is InChI=1S/C12H19FN2O3S/c1-18-10-9-15(8-2-7-14)19(16,17)12-5-3-11(13)4-6-12/h3-6H,2,7-10,14H2,1H3. The third-order valence-electron chi connectivity index (χ3n) is 2.61. The maximum Gasteiger partial charge on any atom is 0.243 e. The lowest BCUT2D eigenvalue weighted by atomic mass is 10.4. The fraction of sp³-hybridized carbons (Fsp3) is 0.500. The Bertz CT molecular complexity index is 468. The van der Waals surface area contributed by atoms with Crippen molar-refractivity contribution in [2.45, 2.75) is 11.3 Å². The van der Waals surface area contributed by atoms with E-state index >= 15 is 0 Å². The van der Waals surface area contributed by atoms with Crippen LogP contribution >= 0.6 is 0 Å². The van der Waals surface area contributed by atoms with Gasteiger partial charge in [0.1, 0.15) is 5.82 Å². The van der Waals surface area contributed by atoms with Crippen LogP contribution in [0, 0.1) is 5.82 Å². The maximum atomic E-state index is 12.8. The molecule has 1 aromatic rings. The molecule has 0 bridgehead atoms. The third-order valence-corrected chi connectivity index (χ3v) is 4.52. The van der Waals surface area contributed by atoms with Gasteiger partial charge in [0.05, 0.1) is 11.5 Å². The molecule has 0 aliphatic rings. The molecular formula is C12H19FN2O3S. The summed E-state index contributed by atoms with van der Waals surface area (Å²) >= 11 is 0. The molecule has 0 aliphatic carbocycles. The van der Waals surface area contributed by atoms with E-state index in [1.807, 2.05) is 0 Å². The van der Waals surface area contributed by atoms with E-state index in [0.717, 1.165) is 12.1 Å².